The number of hydrogen-bond acceptors (Lipinski definition) is 6. The van der Waals surface area contributed by atoms with Gasteiger partial charge in [-0.2, -0.15) is 0 Å². The van der Waals surface area contributed by atoms with E-state index in [1.165, 1.54) is 17.0 Å². The zero-order valence-corrected chi connectivity index (χ0v) is 23.5. The SMILES string of the molecule is CN(C)C(=O)CN(c1ccc(N=C(c2cccc(CC(=O)O)c2)C2C(=O)Nc3cc(Cl)ccc32)cc1)S(C)(=O)=O. The molecule has 4 rings (SSSR count). The van der Waals surface area contributed by atoms with Crippen molar-refractivity contribution in [1.29, 1.82) is 0 Å². The topological polar surface area (TPSA) is 136 Å². The summed E-state index contributed by atoms with van der Waals surface area (Å²) in [5.41, 5.74) is 3.39. The number of rotatable bonds is 9. The van der Waals surface area contributed by atoms with Gasteiger partial charge in [0.1, 0.15) is 12.5 Å². The molecule has 3 aromatic rings. The summed E-state index contributed by atoms with van der Waals surface area (Å²) in [7, 11) is -0.678. The number of carboxylic acids is 1. The van der Waals surface area contributed by atoms with Gasteiger partial charge in [-0.3, -0.25) is 23.7 Å². The predicted molar refractivity (Wildman–Crippen MR) is 154 cm³/mol. The van der Waals surface area contributed by atoms with Crippen LogP contribution in [0.2, 0.25) is 5.02 Å². The molecule has 0 saturated heterocycles. The number of aliphatic carboxylic acids is 1. The van der Waals surface area contributed by atoms with E-state index < -0.39 is 21.9 Å². The van der Waals surface area contributed by atoms with Crippen LogP contribution < -0.4 is 9.62 Å². The Bertz CT molecular complexity index is 1620. The molecule has 0 bridgehead atoms. The van der Waals surface area contributed by atoms with Crippen LogP contribution in [0.15, 0.2) is 71.7 Å². The largest absolute Gasteiger partial charge is 0.481 e. The molecule has 208 valence electrons. The molecule has 12 heteroatoms. The Morgan fingerprint density at radius 2 is 1.75 bits per heavy atom. The molecule has 3 aromatic carbocycles. The van der Waals surface area contributed by atoms with E-state index in [1.54, 1.807) is 68.7 Å². The number of hydrogen-bond donors (Lipinski definition) is 2. The van der Waals surface area contributed by atoms with Gasteiger partial charge in [0.2, 0.25) is 21.8 Å². The first-order valence-electron chi connectivity index (χ1n) is 12.1. The minimum atomic E-state index is -3.76. The molecule has 1 aliphatic heterocycles. The van der Waals surface area contributed by atoms with Gasteiger partial charge in [0.25, 0.3) is 0 Å². The number of likely N-dealkylation sites (N-methyl/N-ethyl adjacent to an activating group) is 1. The number of anilines is 2. The van der Waals surface area contributed by atoms with Crippen molar-refractivity contribution in [3.8, 4) is 0 Å². The van der Waals surface area contributed by atoms with Crippen molar-refractivity contribution in [2.75, 3.05) is 36.5 Å². The molecule has 0 aliphatic carbocycles. The van der Waals surface area contributed by atoms with Crippen LogP contribution in [-0.2, 0) is 30.8 Å². The third-order valence-electron chi connectivity index (χ3n) is 6.26. The van der Waals surface area contributed by atoms with Crippen molar-refractivity contribution in [3.63, 3.8) is 0 Å². The monoisotopic (exact) mass is 582 g/mol. The van der Waals surface area contributed by atoms with Crippen molar-refractivity contribution in [1.82, 2.24) is 4.90 Å². The van der Waals surface area contributed by atoms with Crippen LogP contribution >= 0.6 is 11.6 Å². The smallest absolute Gasteiger partial charge is 0.307 e. The van der Waals surface area contributed by atoms with Gasteiger partial charge in [0, 0.05) is 24.8 Å². The average Bonchev–Trinajstić information content (AvgIpc) is 3.19. The van der Waals surface area contributed by atoms with E-state index in [9.17, 15) is 27.9 Å². The molecule has 0 spiro atoms. The molecule has 40 heavy (non-hydrogen) atoms. The van der Waals surface area contributed by atoms with Gasteiger partial charge in [0.15, 0.2) is 0 Å². The van der Waals surface area contributed by atoms with Gasteiger partial charge in [0.05, 0.1) is 29.8 Å². The van der Waals surface area contributed by atoms with Crippen LogP contribution in [-0.4, -0.2) is 68.8 Å². The fourth-order valence-electron chi connectivity index (χ4n) is 4.31. The first-order valence-corrected chi connectivity index (χ1v) is 14.3. The van der Waals surface area contributed by atoms with Crippen molar-refractivity contribution in [2.45, 2.75) is 12.3 Å². The van der Waals surface area contributed by atoms with E-state index in [4.69, 9.17) is 16.6 Å². The summed E-state index contributed by atoms with van der Waals surface area (Å²) < 4.78 is 25.9. The number of carbonyl (C=O) groups is 3. The highest BCUT2D eigenvalue weighted by Crippen LogP contribution is 2.38. The molecular formula is C28H27ClN4O6S. The highest BCUT2D eigenvalue weighted by atomic mass is 35.5. The molecule has 1 aliphatic rings. The van der Waals surface area contributed by atoms with Gasteiger partial charge in [-0.05, 0) is 59.2 Å². The number of nitrogens with one attached hydrogen (secondary N) is 1. The molecule has 0 fully saturated rings. The number of fused-ring (bicyclic) bond motifs is 1. The lowest BCUT2D eigenvalue weighted by Crippen LogP contribution is -2.39. The molecule has 0 aromatic heterocycles. The highest BCUT2D eigenvalue weighted by molar-refractivity contribution is 7.92. The van der Waals surface area contributed by atoms with E-state index in [0.29, 0.717) is 38.8 Å². The third-order valence-corrected chi connectivity index (χ3v) is 7.64. The summed E-state index contributed by atoms with van der Waals surface area (Å²) in [6.07, 6.45) is 0.818. The third kappa shape index (κ3) is 6.49. The van der Waals surface area contributed by atoms with E-state index >= 15 is 0 Å². The quantitative estimate of drug-likeness (QED) is 0.369. The number of benzene rings is 3. The van der Waals surface area contributed by atoms with Gasteiger partial charge >= 0.3 is 5.97 Å². The molecular weight excluding hydrogens is 556 g/mol. The lowest BCUT2D eigenvalue weighted by molar-refractivity contribution is -0.136. The summed E-state index contributed by atoms with van der Waals surface area (Å²) in [4.78, 5) is 42.9. The number of nitrogens with zero attached hydrogens (tertiary/aromatic N) is 3. The van der Waals surface area contributed by atoms with Crippen LogP contribution in [0.1, 0.15) is 22.6 Å². The van der Waals surface area contributed by atoms with Crippen molar-refractivity contribution >= 4 is 62.2 Å². The minimum Gasteiger partial charge on any atom is -0.481 e. The summed E-state index contributed by atoms with van der Waals surface area (Å²) in [6.45, 7) is -0.363. The van der Waals surface area contributed by atoms with Gasteiger partial charge in [-0.1, -0.05) is 35.9 Å². The Balaban J connectivity index is 1.80. The Kier molecular flexibility index (Phi) is 8.26. The maximum absolute atomic E-state index is 13.2. The Morgan fingerprint density at radius 1 is 1.05 bits per heavy atom. The van der Waals surface area contributed by atoms with Crippen LogP contribution in [0, 0.1) is 0 Å². The van der Waals surface area contributed by atoms with E-state index in [-0.39, 0.29) is 30.5 Å². The van der Waals surface area contributed by atoms with Gasteiger partial charge < -0.3 is 15.3 Å². The van der Waals surface area contributed by atoms with Crippen LogP contribution in [0.5, 0.6) is 0 Å². The number of amides is 2. The first-order chi connectivity index (χ1) is 18.8. The van der Waals surface area contributed by atoms with E-state index in [1.807, 2.05) is 0 Å². The molecule has 0 saturated carbocycles. The second-order valence-corrected chi connectivity index (χ2v) is 11.8. The lowest BCUT2D eigenvalue weighted by Gasteiger charge is -2.23. The molecule has 1 heterocycles. The molecule has 1 unspecified atom stereocenters. The fourth-order valence-corrected chi connectivity index (χ4v) is 5.34. The summed E-state index contributed by atoms with van der Waals surface area (Å²) in [6, 6.07) is 18.1. The summed E-state index contributed by atoms with van der Waals surface area (Å²) >= 11 is 6.13. The molecule has 2 N–H and O–H groups in total. The van der Waals surface area contributed by atoms with Crippen molar-refractivity contribution in [3.05, 3.63) is 88.4 Å². The van der Waals surface area contributed by atoms with Gasteiger partial charge in [-0.25, -0.2) is 8.42 Å². The average molecular weight is 583 g/mol. The highest BCUT2D eigenvalue weighted by Gasteiger charge is 2.35. The maximum atomic E-state index is 13.2. The van der Waals surface area contributed by atoms with Gasteiger partial charge in [-0.15, -0.1) is 0 Å². The molecule has 10 nitrogen and oxygen atoms in total. The van der Waals surface area contributed by atoms with Crippen molar-refractivity contribution in [2.24, 2.45) is 4.99 Å². The maximum Gasteiger partial charge on any atom is 0.307 e. The molecule has 2 amide bonds. The van der Waals surface area contributed by atoms with E-state index in [0.717, 1.165) is 10.6 Å². The second-order valence-electron chi connectivity index (χ2n) is 9.50. The Labute approximate surface area is 236 Å². The fraction of sp³-hybridized carbons (Fsp3) is 0.214. The van der Waals surface area contributed by atoms with Crippen LogP contribution in [0.3, 0.4) is 0 Å². The van der Waals surface area contributed by atoms with E-state index in [2.05, 4.69) is 5.32 Å². The van der Waals surface area contributed by atoms with Crippen LogP contribution in [0.25, 0.3) is 0 Å². The second kappa shape index (κ2) is 11.5. The normalized spacial score (nSPS) is 14.8. The summed E-state index contributed by atoms with van der Waals surface area (Å²) in [5, 5.41) is 12.6. The number of sulfonamides is 1. The Morgan fingerprint density at radius 3 is 2.38 bits per heavy atom. The molecule has 0 radical (unpaired) electrons. The number of aliphatic imine (C=N–C) groups is 1. The first kappa shape index (κ1) is 28.8. The minimum absolute atomic E-state index is 0.203. The summed E-state index contributed by atoms with van der Waals surface area (Å²) in [5.74, 6) is -2.51. The zero-order chi connectivity index (χ0) is 29.2. The van der Waals surface area contributed by atoms with Crippen molar-refractivity contribution < 1.29 is 27.9 Å². The molecule has 1 atom stereocenters. The number of carboxylic acid groups (broad SMARTS) is 1. The number of carbonyl (C=O) groups excluding carboxylic acids is 2. The number of halogens is 1. The Hall–Kier alpha value is -4.22. The predicted octanol–water partition coefficient (Wildman–Crippen LogP) is 3.68. The lowest BCUT2D eigenvalue weighted by atomic mass is 9.89. The zero-order valence-electron chi connectivity index (χ0n) is 22.0. The van der Waals surface area contributed by atoms with Crippen LogP contribution in [0.4, 0.5) is 17.1 Å². The standard InChI is InChI=1S/C28H27ClN4O6S/c1-32(2)24(34)16-33(40(3,38)39)21-10-8-20(9-11-21)30-27(18-6-4-5-17(13-18)14-25(35)36)26-22-12-7-19(29)15-23(22)31-28(26)37/h4-13,15,26H,14,16H2,1-3H3,(H,31,37)(H,35,36).